The molecule has 6 nitrogen and oxygen atoms in total. The number of carbonyl (C=O) groups excluding carboxylic acids is 2. The summed E-state index contributed by atoms with van der Waals surface area (Å²) in [7, 11) is 0. The molecule has 0 heterocycles. The molecule has 0 aromatic heterocycles. The molecule has 0 fully saturated rings. The zero-order valence-electron chi connectivity index (χ0n) is 12.5. The molecule has 0 saturated heterocycles. The first kappa shape index (κ1) is 16.7. The van der Waals surface area contributed by atoms with Crippen LogP contribution < -0.4 is 10.6 Å². The van der Waals surface area contributed by atoms with Crippen LogP contribution >= 0.6 is 0 Å². The van der Waals surface area contributed by atoms with Crippen molar-refractivity contribution >= 4 is 29.2 Å². The van der Waals surface area contributed by atoms with E-state index in [4.69, 9.17) is 0 Å². The van der Waals surface area contributed by atoms with Gasteiger partial charge in [0, 0.05) is 12.6 Å². The van der Waals surface area contributed by atoms with Gasteiger partial charge < -0.3 is 15.7 Å². The Morgan fingerprint density at radius 1 is 1.13 bits per heavy atom. The number of rotatable bonds is 4. The Kier molecular flexibility index (Phi) is 5.10. The minimum absolute atomic E-state index is 0.0973. The normalized spacial score (nSPS) is 19.9. The third-order valence-electron chi connectivity index (χ3n) is 3.63. The number of hydrogen-bond acceptors (Lipinski definition) is 3. The van der Waals surface area contributed by atoms with Gasteiger partial charge in [0.25, 0.3) is 0 Å². The molecule has 7 heteroatoms. The fourth-order valence-corrected chi connectivity index (χ4v) is 2.50. The molecule has 1 aliphatic rings. The van der Waals surface area contributed by atoms with Crippen molar-refractivity contribution in [1.82, 2.24) is 0 Å². The van der Waals surface area contributed by atoms with Gasteiger partial charge in [0.2, 0.25) is 11.8 Å². The van der Waals surface area contributed by atoms with E-state index < -0.39 is 29.5 Å². The van der Waals surface area contributed by atoms with Crippen LogP contribution in [0.3, 0.4) is 0 Å². The van der Waals surface area contributed by atoms with E-state index in [0.717, 1.165) is 6.07 Å². The fourth-order valence-electron chi connectivity index (χ4n) is 2.50. The van der Waals surface area contributed by atoms with Gasteiger partial charge in [-0.25, -0.2) is 4.39 Å². The summed E-state index contributed by atoms with van der Waals surface area (Å²) in [5.74, 6) is -4.19. The van der Waals surface area contributed by atoms with Crippen LogP contribution in [0.25, 0.3) is 0 Å². The van der Waals surface area contributed by atoms with Crippen LogP contribution in [0, 0.1) is 17.7 Å². The number of aliphatic carboxylic acids is 1. The van der Waals surface area contributed by atoms with Crippen LogP contribution in [0.2, 0.25) is 0 Å². The molecule has 1 aliphatic carbocycles. The van der Waals surface area contributed by atoms with Crippen LogP contribution in [0.4, 0.5) is 15.8 Å². The number of benzene rings is 1. The summed E-state index contributed by atoms with van der Waals surface area (Å²) in [4.78, 5) is 34.6. The van der Waals surface area contributed by atoms with E-state index in [1.54, 1.807) is 12.2 Å². The van der Waals surface area contributed by atoms with Gasteiger partial charge in [0.05, 0.1) is 17.5 Å². The Labute approximate surface area is 132 Å². The van der Waals surface area contributed by atoms with E-state index in [1.165, 1.54) is 19.1 Å². The highest BCUT2D eigenvalue weighted by atomic mass is 19.1. The third-order valence-corrected chi connectivity index (χ3v) is 3.63. The summed E-state index contributed by atoms with van der Waals surface area (Å²) in [5.41, 5.74) is 0.243. The lowest BCUT2D eigenvalue weighted by atomic mass is 9.82. The molecule has 122 valence electrons. The number of halogens is 1. The Balaban J connectivity index is 2.17. The van der Waals surface area contributed by atoms with Crippen LogP contribution in [0.5, 0.6) is 0 Å². The maximum atomic E-state index is 13.8. The van der Waals surface area contributed by atoms with E-state index in [0.29, 0.717) is 5.69 Å². The summed E-state index contributed by atoms with van der Waals surface area (Å²) in [6.45, 7) is 1.31. The van der Waals surface area contributed by atoms with Gasteiger partial charge in [-0.3, -0.25) is 14.4 Å². The largest absolute Gasteiger partial charge is 0.481 e. The van der Waals surface area contributed by atoms with E-state index >= 15 is 0 Å². The van der Waals surface area contributed by atoms with Gasteiger partial charge in [0.1, 0.15) is 5.82 Å². The number of allylic oxidation sites excluding steroid dienone is 2. The van der Waals surface area contributed by atoms with Crippen molar-refractivity contribution in [2.24, 2.45) is 11.8 Å². The maximum absolute atomic E-state index is 13.8. The average Bonchev–Trinajstić information content (AvgIpc) is 2.50. The van der Waals surface area contributed by atoms with Crippen molar-refractivity contribution in [1.29, 1.82) is 0 Å². The minimum Gasteiger partial charge on any atom is -0.481 e. The third kappa shape index (κ3) is 4.15. The zero-order chi connectivity index (χ0) is 17.0. The molecule has 0 aliphatic heterocycles. The number of hydrogen-bond donors (Lipinski definition) is 3. The van der Waals surface area contributed by atoms with Crippen LogP contribution in [-0.2, 0) is 14.4 Å². The first-order chi connectivity index (χ1) is 10.9. The van der Waals surface area contributed by atoms with Crippen LogP contribution in [0.15, 0.2) is 30.4 Å². The van der Waals surface area contributed by atoms with Crippen molar-refractivity contribution in [3.8, 4) is 0 Å². The molecule has 0 unspecified atom stereocenters. The van der Waals surface area contributed by atoms with Gasteiger partial charge in [-0.15, -0.1) is 0 Å². The second-order valence-electron chi connectivity index (χ2n) is 5.36. The van der Waals surface area contributed by atoms with Gasteiger partial charge in [0.15, 0.2) is 0 Å². The number of carboxylic acid groups (broad SMARTS) is 1. The summed E-state index contributed by atoms with van der Waals surface area (Å²) >= 11 is 0. The van der Waals surface area contributed by atoms with Crippen molar-refractivity contribution in [3.05, 3.63) is 36.2 Å². The second kappa shape index (κ2) is 7.04. The van der Waals surface area contributed by atoms with Crippen molar-refractivity contribution in [2.75, 3.05) is 10.6 Å². The van der Waals surface area contributed by atoms with Gasteiger partial charge >= 0.3 is 5.97 Å². The first-order valence-corrected chi connectivity index (χ1v) is 7.14. The molecule has 2 amide bonds. The number of nitrogens with one attached hydrogen (secondary N) is 2. The van der Waals surface area contributed by atoms with Crippen LogP contribution in [-0.4, -0.2) is 22.9 Å². The molecule has 3 N–H and O–H groups in total. The maximum Gasteiger partial charge on any atom is 0.307 e. The lowest BCUT2D eigenvalue weighted by Gasteiger charge is -2.24. The SMILES string of the molecule is CC(=O)Nc1ccc(F)c(NC(=O)[C@@H]2CC=CC[C@@H]2C(=O)O)c1. The van der Waals surface area contributed by atoms with E-state index in [1.807, 2.05) is 0 Å². The number of carboxylic acids is 1. The smallest absolute Gasteiger partial charge is 0.307 e. The highest BCUT2D eigenvalue weighted by Crippen LogP contribution is 2.28. The predicted molar refractivity (Wildman–Crippen MR) is 82.3 cm³/mol. The van der Waals surface area contributed by atoms with Gasteiger partial charge in [-0.05, 0) is 31.0 Å². The van der Waals surface area contributed by atoms with Crippen LogP contribution in [0.1, 0.15) is 19.8 Å². The zero-order valence-corrected chi connectivity index (χ0v) is 12.5. The average molecular weight is 320 g/mol. The molecular formula is C16H17FN2O4. The minimum atomic E-state index is -1.05. The molecular weight excluding hydrogens is 303 g/mol. The molecule has 1 aromatic carbocycles. The first-order valence-electron chi connectivity index (χ1n) is 7.14. The highest BCUT2D eigenvalue weighted by molar-refractivity contribution is 5.96. The van der Waals surface area contributed by atoms with E-state index in [-0.39, 0.29) is 24.4 Å². The molecule has 0 saturated carbocycles. The standard InChI is InChI=1S/C16H17FN2O4/c1-9(20)18-10-6-7-13(17)14(8-10)19-15(21)11-4-2-3-5-12(11)16(22)23/h2-3,6-8,11-12H,4-5H2,1H3,(H,18,20)(H,19,21)(H,22,23)/t11-,12+/m1/s1. The van der Waals surface area contributed by atoms with Gasteiger partial charge in [-0.1, -0.05) is 12.2 Å². The fraction of sp³-hybridized carbons (Fsp3) is 0.312. The molecule has 0 radical (unpaired) electrons. The molecule has 1 aromatic rings. The molecule has 2 rings (SSSR count). The predicted octanol–water partition coefficient (Wildman–Crippen LogP) is 2.39. The lowest BCUT2D eigenvalue weighted by molar-refractivity contribution is -0.146. The summed E-state index contributed by atoms with van der Waals surface area (Å²) < 4.78 is 13.8. The Morgan fingerprint density at radius 3 is 2.39 bits per heavy atom. The van der Waals surface area contributed by atoms with Crippen molar-refractivity contribution in [3.63, 3.8) is 0 Å². The van der Waals surface area contributed by atoms with Crippen molar-refractivity contribution < 1.29 is 23.9 Å². The molecule has 2 atom stereocenters. The molecule has 0 bridgehead atoms. The molecule has 0 spiro atoms. The summed E-state index contributed by atoms with van der Waals surface area (Å²) in [6.07, 6.45) is 4.02. The second-order valence-corrected chi connectivity index (χ2v) is 5.36. The Morgan fingerprint density at radius 2 is 1.78 bits per heavy atom. The topological polar surface area (TPSA) is 95.5 Å². The van der Waals surface area contributed by atoms with Gasteiger partial charge in [-0.2, -0.15) is 0 Å². The van der Waals surface area contributed by atoms with E-state index in [2.05, 4.69) is 10.6 Å². The lowest BCUT2D eigenvalue weighted by Crippen LogP contribution is -2.34. The van der Waals surface area contributed by atoms with E-state index in [9.17, 15) is 23.9 Å². The Bertz CT molecular complexity index is 672. The quantitative estimate of drug-likeness (QED) is 0.742. The number of anilines is 2. The highest BCUT2D eigenvalue weighted by Gasteiger charge is 2.34. The Hall–Kier alpha value is -2.70. The molecule has 23 heavy (non-hydrogen) atoms. The van der Waals surface area contributed by atoms with Crippen molar-refractivity contribution in [2.45, 2.75) is 19.8 Å². The summed E-state index contributed by atoms with van der Waals surface area (Å²) in [5, 5.41) is 14.1. The number of amides is 2. The monoisotopic (exact) mass is 320 g/mol. The summed E-state index contributed by atoms with van der Waals surface area (Å²) in [6, 6.07) is 3.79. The number of carbonyl (C=O) groups is 3.